The van der Waals surface area contributed by atoms with E-state index >= 15 is 0 Å². The first-order valence-electron chi connectivity index (χ1n) is 6.12. The Bertz CT molecular complexity index is 669. The molecule has 5 nitrogen and oxygen atoms in total. The maximum atomic E-state index is 12.3. The summed E-state index contributed by atoms with van der Waals surface area (Å²) >= 11 is 11.8. The normalized spacial score (nSPS) is 15.5. The molecule has 2 rings (SSSR count). The van der Waals surface area contributed by atoms with Crippen molar-refractivity contribution in [3.63, 3.8) is 0 Å². The van der Waals surface area contributed by atoms with E-state index in [0.29, 0.717) is 20.3 Å². The van der Waals surface area contributed by atoms with Crippen molar-refractivity contribution < 1.29 is 14.3 Å². The van der Waals surface area contributed by atoms with Crippen molar-refractivity contribution in [3.05, 3.63) is 32.2 Å². The van der Waals surface area contributed by atoms with E-state index in [1.54, 1.807) is 33.3 Å². The Hall–Kier alpha value is -1.25. The van der Waals surface area contributed by atoms with Gasteiger partial charge in [0.05, 0.1) is 16.1 Å². The molecule has 1 aliphatic rings. The second-order valence-corrected chi connectivity index (χ2v) is 6.66. The van der Waals surface area contributed by atoms with Crippen LogP contribution in [0.5, 0.6) is 5.75 Å². The lowest BCUT2D eigenvalue weighted by Crippen LogP contribution is -2.52. The van der Waals surface area contributed by atoms with Crippen LogP contribution in [-0.4, -0.2) is 47.9 Å². The van der Waals surface area contributed by atoms with Crippen LogP contribution in [0.15, 0.2) is 26.7 Å². The Balaban J connectivity index is 2.50. The molecule has 1 saturated heterocycles. The van der Waals surface area contributed by atoms with Gasteiger partial charge in [0.15, 0.2) is 5.11 Å². The predicted octanol–water partition coefficient (Wildman–Crippen LogP) is 2.82. The van der Waals surface area contributed by atoms with Gasteiger partial charge in [0.2, 0.25) is 0 Å². The van der Waals surface area contributed by atoms with Crippen LogP contribution in [0.1, 0.15) is 5.56 Å². The van der Waals surface area contributed by atoms with Gasteiger partial charge in [-0.25, -0.2) is 0 Å². The zero-order valence-electron chi connectivity index (χ0n) is 12.0. The fourth-order valence-electron chi connectivity index (χ4n) is 2.00. The zero-order chi connectivity index (χ0) is 16.6. The highest BCUT2D eigenvalue weighted by Gasteiger charge is 2.35. The average Bonchev–Trinajstić information content (AvgIpc) is 2.47. The molecule has 0 spiro atoms. The summed E-state index contributed by atoms with van der Waals surface area (Å²) in [5, 5.41) is 0.184. The largest absolute Gasteiger partial charge is 0.494 e. The highest BCUT2D eigenvalue weighted by molar-refractivity contribution is 9.11. The van der Waals surface area contributed by atoms with E-state index in [1.165, 1.54) is 15.9 Å². The summed E-state index contributed by atoms with van der Waals surface area (Å²) in [6.07, 6.45) is 1.54. The minimum absolute atomic E-state index is 0.0579. The summed E-state index contributed by atoms with van der Waals surface area (Å²) in [4.78, 5) is 27.1. The van der Waals surface area contributed by atoms with Crippen molar-refractivity contribution in [1.82, 2.24) is 9.80 Å². The third kappa shape index (κ3) is 2.95. The number of halogens is 2. The number of amides is 2. The Kier molecular flexibility index (Phi) is 5.03. The molecule has 8 heteroatoms. The van der Waals surface area contributed by atoms with E-state index in [-0.39, 0.29) is 10.7 Å². The molecule has 2 amide bonds. The number of hydrogen-bond donors (Lipinski definition) is 0. The standard InChI is InChI=1S/C14H12Br2N2O3S/c1-17-12(19)8(13(20)18(2)14(17)22)4-7-5-9(15)11(21-3)10(16)6-7/h4-6H,1-3H3. The molecule has 0 atom stereocenters. The molecule has 22 heavy (non-hydrogen) atoms. The topological polar surface area (TPSA) is 49.9 Å². The van der Waals surface area contributed by atoms with Crippen molar-refractivity contribution in [2.75, 3.05) is 21.2 Å². The number of thiocarbonyl (C=S) groups is 1. The first-order valence-corrected chi connectivity index (χ1v) is 8.12. The lowest BCUT2D eigenvalue weighted by molar-refractivity contribution is -0.132. The summed E-state index contributed by atoms with van der Waals surface area (Å²) in [5.74, 6) is -0.203. The molecule has 0 N–H and O–H groups in total. The molecule has 1 fully saturated rings. The summed E-state index contributed by atoms with van der Waals surface area (Å²) in [5.41, 5.74) is 0.744. The van der Waals surface area contributed by atoms with Gasteiger partial charge in [-0.2, -0.15) is 0 Å². The minimum atomic E-state index is -0.420. The van der Waals surface area contributed by atoms with Crippen LogP contribution in [0, 0.1) is 0 Å². The van der Waals surface area contributed by atoms with Gasteiger partial charge < -0.3 is 4.74 Å². The van der Waals surface area contributed by atoms with Crippen molar-refractivity contribution in [3.8, 4) is 5.75 Å². The fourth-order valence-corrected chi connectivity index (χ4v) is 3.71. The van der Waals surface area contributed by atoms with Gasteiger partial charge in [0.1, 0.15) is 11.3 Å². The van der Waals surface area contributed by atoms with Crippen LogP contribution >= 0.6 is 44.1 Å². The monoisotopic (exact) mass is 446 g/mol. The number of ether oxygens (including phenoxy) is 1. The molecule has 0 saturated carbocycles. The Labute approximate surface area is 150 Å². The molecular formula is C14H12Br2N2O3S. The number of methoxy groups -OCH3 is 1. The molecular weight excluding hydrogens is 436 g/mol. The second kappa shape index (κ2) is 6.47. The van der Waals surface area contributed by atoms with Gasteiger partial charge >= 0.3 is 0 Å². The molecule has 1 aromatic rings. The number of carbonyl (C=O) groups excluding carboxylic acids is 2. The molecule has 0 aromatic heterocycles. The highest BCUT2D eigenvalue weighted by Crippen LogP contribution is 2.35. The van der Waals surface area contributed by atoms with Crippen LogP contribution in [-0.2, 0) is 9.59 Å². The number of rotatable bonds is 2. The summed E-state index contributed by atoms with van der Waals surface area (Å²) < 4.78 is 6.65. The van der Waals surface area contributed by atoms with Crippen LogP contribution in [0.2, 0.25) is 0 Å². The lowest BCUT2D eigenvalue weighted by atomic mass is 10.1. The fraction of sp³-hybridized carbons (Fsp3) is 0.214. The maximum absolute atomic E-state index is 12.3. The van der Waals surface area contributed by atoms with Gasteiger partial charge in [-0.1, -0.05) is 0 Å². The van der Waals surface area contributed by atoms with Crippen LogP contribution in [0.4, 0.5) is 0 Å². The van der Waals surface area contributed by atoms with Crippen LogP contribution in [0.25, 0.3) is 6.08 Å². The lowest BCUT2D eigenvalue weighted by Gasteiger charge is -2.31. The molecule has 1 aromatic carbocycles. The quantitative estimate of drug-likeness (QED) is 0.397. The Morgan fingerprint density at radius 2 is 1.55 bits per heavy atom. The molecule has 1 aliphatic heterocycles. The number of hydrogen-bond acceptors (Lipinski definition) is 4. The molecule has 0 unspecified atom stereocenters. The number of nitrogens with zero attached hydrogens (tertiary/aromatic N) is 2. The number of likely N-dealkylation sites (N-methyl/N-ethyl adjacent to an activating group) is 2. The van der Waals surface area contributed by atoms with Crippen molar-refractivity contribution in [2.45, 2.75) is 0 Å². The number of benzene rings is 1. The molecule has 0 radical (unpaired) electrons. The predicted molar refractivity (Wildman–Crippen MR) is 94.5 cm³/mol. The Morgan fingerprint density at radius 1 is 1.09 bits per heavy atom. The van der Waals surface area contributed by atoms with Crippen molar-refractivity contribution >= 4 is 67.1 Å². The van der Waals surface area contributed by atoms with E-state index in [1.807, 2.05) is 0 Å². The summed E-state index contributed by atoms with van der Waals surface area (Å²) in [6.45, 7) is 0. The van der Waals surface area contributed by atoms with Gasteiger partial charge in [0.25, 0.3) is 11.8 Å². The van der Waals surface area contributed by atoms with Crippen LogP contribution < -0.4 is 4.74 Å². The van der Waals surface area contributed by atoms with Crippen LogP contribution in [0.3, 0.4) is 0 Å². The number of carbonyl (C=O) groups is 2. The second-order valence-electron chi connectivity index (χ2n) is 4.59. The van der Waals surface area contributed by atoms with E-state index in [0.717, 1.165) is 0 Å². The van der Waals surface area contributed by atoms with Gasteiger partial charge in [-0.05, 0) is 67.8 Å². The molecule has 0 bridgehead atoms. The third-order valence-electron chi connectivity index (χ3n) is 3.18. The maximum Gasteiger partial charge on any atom is 0.265 e. The van der Waals surface area contributed by atoms with Gasteiger partial charge in [-0.15, -0.1) is 0 Å². The van der Waals surface area contributed by atoms with E-state index in [4.69, 9.17) is 17.0 Å². The van der Waals surface area contributed by atoms with E-state index < -0.39 is 11.8 Å². The first-order chi connectivity index (χ1) is 10.3. The molecule has 0 aliphatic carbocycles. The van der Waals surface area contributed by atoms with Gasteiger partial charge in [0, 0.05) is 14.1 Å². The van der Waals surface area contributed by atoms with Crippen molar-refractivity contribution in [2.24, 2.45) is 0 Å². The average molecular weight is 448 g/mol. The zero-order valence-corrected chi connectivity index (χ0v) is 16.0. The summed E-state index contributed by atoms with van der Waals surface area (Å²) in [6, 6.07) is 3.54. The Morgan fingerprint density at radius 3 is 1.95 bits per heavy atom. The van der Waals surface area contributed by atoms with Crippen molar-refractivity contribution in [1.29, 1.82) is 0 Å². The smallest absolute Gasteiger partial charge is 0.265 e. The van der Waals surface area contributed by atoms with E-state index in [2.05, 4.69) is 31.9 Å². The first kappa shape index (κ1) is 17.1. The third-order valence-corrected chi connectivity index (χ3v) is 4.91. The summed E-state index contributed by atoms with van der Waals surface area (Å²) in [7, 11) is 4.64. The minimum Gasteiger partial charge on any atom is -0.494 e. The SMILES string of the molecule is COc1c(Br)cc(C=C2C(=O)N(C)C(=S)N(C)C2=O)cc1Br. The van der Waals surface area contributed by atoms with E-state index in [9.17, 15) is 9.59 Å². The molecule has 1 heterocycles. The highest BCUT2D eigenvalue weighted by atomic mass is 79.9. The van der Waals surface area contributed by atoms with Gasteiger partial charge in [-0.3, -0.25) is 19.4 Å². The molecule has 116 valence electrons.